The van der Waals surface area contributed by atoms with Gasteiger partial charge in [0.25, 0.3) is 0 Å². The molecule has 0 fully saturated rings. The monoisotopic (exact) mass is 291 g/mol. The molecule has 0 bridgehead atoms. The maximum atomic E-state index is 13.0. The van der Waals surface area contributed by atoms with E-state index in [1.807, 2.05) is 38.1 Å². The first-order valence-corrected chi connectivity index (χ1v) is 6.66. The Balaban J connectivity index is 1.76. The van der Waals surface area contributed by atoms with Crippen molar-refractivity contribution in [2.75, 3.05) is 5.32 Å². The van der Waals surface area contributed by atoms with E-state index in [-0.39, 0.29) is 17.5 Å². The minimum atomic E-state index is -3.58. The molecular weight excluding hydrogens is 276 g/mol. The molecule has 0 radical (unpaired) electrons. The molecule has 0 aromatic heterocycles. The van der Waals surface area contributed by atoms with Crippen LogP contribution in [0.15, 0.2) is 42.5 Å². The van der Waals surface area contributed by atoms with Gasteiger partial charge in [-0.2, -0.15) is 0 Å². The molecule has 1 atom stereocenters. The molecule has 2 aromatic carbocycles. The second-order valence-corrected chi connectivity index (χ2v) is 5.11. The van der Waals surface area contributed by atoms with Crippen molar-refractivity contribution in [3.8, 4) is 11.5 Å². The van der Waals surface area contributed by atoms with E-state index in [4.69, 9.17) is 0 Å². The summed E-state index contributed by atoms with van der Waals surface area (Å²) >= 11 is 0. The Morgan fingerprint density at radius 2 is 1.67 bits per heavy atom. The number of benzene rings is 2. The average Bonchev–Trinajstić information content (AvgIpc) is 2.72. The molecule has 1 N–H and O–H groups in total. The number of anilines is 1. The topological polar surface area (TPSA) is 30.5 Å². The summed E-state index contributed by atoms with van der Waals surface area (Å²) in [6.45, 7) is 4.03. The van der Waals surface area contributed by atoms with Crippen LogP contribution in [0, 0.1) is 6.92 Å². The van der Waals surface area contributed by atoms with Crippen LogP contribution in [0.4, 0.5) is 14.5 Å². The van der Waals surface area contributed by atoms with E-state index in [9.17, 15) is 8.78 Å². The van der Waals surface area contributed by atoms with Crippen LogP contribution in [-0.2, 0) is 0 Å². The van der Waals surface area contributed by atoms with Crippen molar-refractivity contribution in [1.29, 1.82) is 0 Å². The summed E-state index contributed by atoms with van der Waals surface area (Å²) in [5.41, 5.74) is 3.00. The van der Waals surface area contributed by atoms with Crippen molar-refractivity contribution in [2.24, 2.45) is 0 Å². The normalized spacial score (nSPS) is 16.6. The zero-order valence-corrected chi connectivity index (χ0v) is 11.7. The van der Waals surface area contributed by atoms with E-state index in [0.717, 1.165) is 5.56 Å². The second kappa shape index (κ2) is 4.91. The molecule has 2 aromatic rings. The van der Waals surface area contributed by atoms with Gasteiger partial charge in [-0.3, -0.25) is 0 Å². The Labute approximate surface area is 121 Å². The largest absolute Gasteiger partial charge is 0.586 e. The molecule has 0 amide bonds. The molecule has 110 valence electrons. The fraction of sp³-hybridized carbons (Fsp3) is 0.250. The number of hydrogen-bond acceptors (Lipinski definition) is 3. The molecule has 1 unspecified atom stereocenters. The lowest BCUT2D eigenvalue weighted by molar-refractivity contribution is -0.286. The van der Waals surface area contributed by atoms with Gasteiger partial charge in [-0.1, -0.05) is 29.8 Å². The van der Waals surface area contributed by atoms with Crippen LogP contribution < -0.4 is 14.8 Å². The highest BCUT2D eigenvalue weighted by molar-refractivity contribution is 5.56. The van der Waals surface area contributed by atoms with E-state index in [1.165, 1.54) is 17.7 Å². The van der Waals surface area contributed by atoms with Crippen molar-refractivity contribution in [1.82, 2.24) is 0 Å². The van der Waals surface area contributed by atoms with E-state index in [2.05, 4.69) is 14.8 Å². The molecule has 5 heteroatoms. The lowest BCUT2D eigenvalue weighted by Gasteiger charge is -2.16. The first-order chi connectivity index (χ1) is 9.93. The smallest absolute Gasteiger partial charge is 0.395 e. The molecule has 0 aliphatic carbocycles. The molecular formula is C16H15F2NO2. The highest BCUT2D eigenvalue weighted by atomic mass is 19.3. The average molecular weight is 291 g/mol. The van der Waals surface area contributed by atoms with Crippen LogP contribution in [0.3, 0.4) is 0 Å². The lowest BCUT2D eigenvalue weighted by atomic mass is 10.1. The fourth-order valence-corrected chi connectivity index (χ4v) is 2.23. The number of halogens is 2. The number of fused-ring (bicyclic) bond motifs is 1. The summed E-state index contributed by atoms with van der Waals surface area (Å²) in [5.74, 6) is 0.0923. The van der Waals surface area contributed by atoms with Crippen LogP contribution in [0.25, 0.3) is 0 Å². The Hall–Kier alpha value is -2.30. The Bertz CT molecular complexity index is 656. The predicted octanol–water partition coefficient (Wildman–Crippen LogP) is 4.49. The second-order valence-electron chi connectivity index (χ2n) is 5.11. The first kappa shape index (κ1) is 13.7. The molecule has 3 nitrogen and oxygen atoms in total. The third kappa shape index (κ3) is 2.91. The number of ether oxygens (including phenoxy) is 2. The van der Waals surface area contributed by atoms with Gasteiger partial charge in [0, 0.05) is 17.8 Å². The van der Waals surface area contributed by atoms with Gasteiger partial charge in [-0.15, -0.1) is 8.78 Å². The van der Waals surface area contributed by atoms with Gasteiger partial charge >= 0.3 is 6.29 Å². The van der Waals surface area contributed by atoms with Crippen molar-refractivity contribution in [2.45, 2.75) is 26.2 Å². The zero-order valence-electron chi connectivity index (χ0n) is 11.7. The number of alkyl halides is 2. The molecule has 1 aliphatic heterocycles. The molecule has 21 heavy (non-hydrogen) atoms. The van der Waals surface area contributed by atoms with Gasteiger partial charge < -0.3 is 14.8 Å². The Morgan fingerprint density at radius 1 is 1.00 bits per heavy atom. The van der Waals surface area contributed by atoms with E-state index < -0.39 is 6.29 Å². The Morgan fingerprint density at radius 3 is 2.38 bits per heavy atom. The summed E-state index contributed by atoms with van der Waals surface area (Å²) in [6.07, 6.45) is -3.58. The van der Waals surface area contributed by atoms with Gasteiger partial charge in [-0.05, 0) is 31.5 Å². The molecule has 0 spiro atoms. The zero-order chi connectivity index (χ0) is 15.0. The van der Waals surface area contributed by atoms with Crippen LogP contribution in [0.1, 0.15) is 24.1 Å². The standard InChI is InChI=1S/C16H15F2NO2/c1-10-3-5-12(6-4-10)11(2)19-13-7-8-14-15(9-13)21-16(17,18)20-14/h3-9,11,19H,1-2H3. The minimum absolute atomic E-state index is 0.0427. The number of rotatable bonds is 3. The van der Waals surface area contributed by atoms with Crippen LogP contribution in [0.2, 0.25) is 0 Å². The van der Waals surface area contributed by atoms with Crippen LogP contribution in [-0.4, -0.2) is 6.29 Å². The number of hydrogen-bond donors (Lipinski definition) is 1. The summed E-state index contributed by atoms with van der Waals surface area (Å²) in [7, 11) is 0. The lowest BCUT2D eigenvalue weighted by Crippen LogP contribution is -2.25. The third-order valence-electron chi connectivity index (χ3n) is 3.36. The molecule has 3 rings (SSSR count). The van der Waals surface area contributed by atoms with Crippen LogP contribution >= 0.6 is 0 Å². The highest BCUT2D eigenvalue weighted by Gasteiger charge is 2.43. The molecule has 1 aliphatic rings. The van der Waals surface area contributed by atoms with E-state index in [1.54, 1.807) is 6.07 Å². The third-order valence-corrected chi connectivity index (χ3v) is 3.36. The Kier molecular flexibility index (Phi) is 3.20. The number of nitrogens with one attached hydrogen (secondary N) is 1. The van der Waals surface area contributed by atoms with Gasteiger partial charge in [0.1, 0.15) is 0 Å². The predicted molar refractivity (Wildman–Crippen MR) is 75.9 cm³/mol. The van der Waals surface area contributed by atoms with E-state index in [0.29, 0.717) is 5.69 Å². The SMILES string of the molecule is Cc1ccc(C(C)Nc2ccc3c(c2)OC(F)(F)O3)cc1. The van der Waals surface area contributed by atoms with E-state index >= 15 is 0 Å². The molecule has 0 saturated heterocycles. The van der Waals surface area contributed by atoms with Gasteiger partial charge in [0.05, 0.1) is 0 Å². The summed E-state index contributed by atoms with van der Waals surface area (Å²) in [4.78, 5) is 0. The number of aryl methyl sites for hydroxylation is 1. The minimum Gasteiger partial charge on any atom is -0.395 e. The van der Waals surface area contributed by atoms with Crippen molar-refractivity contribution >= 4 is 5.69 Å². The maximum Gasteiger partial charge on any atom is 0.586 e. The molecule has 0 saturated carbocycles. The summed E-state index contributed by atoms with van der Waals surface area (Å²) in [5, 5.41) is 3.25. The fourth-order valence-electron chi connectivity index (χ4n) is 2.23. The van der Waals surface area contributed by atoms with Crippen LogP contribution in [0.5, 0.6) is 11.5 Å². The van der Waals surface area contributed by atoms with Crippen molar-refractivity contribution in [3.05, 3.63) is 53.6 Å². The van der Waals surface area contributed by atoms with Gasteiger partial charge in [0.2, 0.25) is 0 Å². The van der Waals surface area contributed by atoms with Crippen molar-refractivity contribution < 1.29 is 18.3 Å². The molecule has 1 heterocycles. The maximum absolute atomic E-state index is 13.0. The van der Waals surface area contributed by atoms with Gasteiger partial charge in [-0.25, -0.2) is 0 Å². The van der Waals surface area contributed by atoms with Gasteiger partial charge in [0.15, 0.2) is 11.5 Å². The summed E-state index contributed by atoms with van der Waals surface area (Å²) in [6, 6.07) is 12.9. The first-order valence-electron chi connectivity index (χ1n) is 6.66. The quantitative estimate of drug-likeness (QED) is 0.903. The van der Waals surface area contributed by atoms with Crippen molar-refractivity contribution in [3.63, 3.8) is 0 Å². The highest BCUT2D eigenvalue weighted by Crippen LogP contribution is 2.42. The summed E-state index contributed by atoms with van der Waals surface area (Å²) < 4.78 is 34.7.